The van der Waals surface area contributed by atoms with Crippen LogP contribution in [0.1, 0.15) is 22.3 Å². The number of hydrogen-bond donors (Lipinski definition) is 0. The second kappa shape index (κ2) is 13.7. The van der Waals surface area contributed by atoms with E-state index < -0.39 is 5.41 Å². The summed E-state index contributed by atoms with van der Waals surface area (Å²) in [6.45, 7) is 0. The lowest BCUT2D eigenvalue weighted by Gasteiger charge is -2.34. The van der Waals surface area contributed by atoms with Gasteiger partial charge in [-0.2, -0.15) is 0 Å². The Morgan fingerprint density at radius 2 is 1.05 bits per heavy atom. The fourth-order valence-corrected chi connectivity index (χ4v) is 11.8. The largest absolute Gasteiger partial charge is 0.454 e. The minimum atomic E-state index is -0.545. The van der Waals surface area contributed by atoms with E-state index in [-0.39, 0.29) is 0 Å². The second-order valence-electron chi connectivity index (χ2n) is 16.3. The molecule has 0 bridgehead atoms. The van der Waals surface area contributed by atoms with Gasteiger partial charge in [0.2, 0.25) is 0 Å². The Kier molecular flexibility index (Phi) is 7.72. The maximum absolute atomic E-state index is 7.09. The molecule has 0 radical (unpaired) electrons. The molecular weight excluding hydrogens is 771 g/mol. The van der Waals surface area contributed by atoms with Gasteiger partial charge < -0.3 is 9.32 Å². The Labute approximate surface area is 363 Å². The summed E-state index contributed by atoms with van der Waals surface area (Å²) in [4.78, 5) is 2.48. The van der Waals surface area contributed by atoms with Crippen LogP contribution in [0.5, 0.6) is 0 Å². The molecule has 2 heterocycles. The van der Waals surface area contributed by atoms with Crippen molar-refractivity contribution in [3.63, 3.8) is 0 Å². The SMILES string of the molecule is c1ccc(C2(c3ccccc3)c3ccccc3-c3c(N(c4ccc(-c5cccc6ccccc56)cc4)c4cc5c6ccccc6sc5c5c4oc4ccccc45)cccc32)cc1. The summed E-state index contributed by atoms with van der Waals surface area (Å²) >= 11 is 1.85. The number of hydrogen-bond acceptors (Lipinski definition) is 3. The minimum absolute atomic E-state index is 0.545. The fourth-order valence-electron chi connectivity index (χ4n) is 10.5. The number of fused-ring (bicyclic) bond motifs is 11. The summed E-state index contributed by atoms with van der Waals surface area (Å²) < 4.78 is 9.60. The van der Waals surface area contributed by atoms with Crippen LogP contribution in [0.25, 0.3) is 75.1 Å². The number of para-hydroxylation sites is 1. The van der Waals surface area contributed by atoms with Crippen LogP contribution in [0, 0.1) is 0 Å². The van der Waals surface area contributed by atoms with Crippen LogP contribution in [-0.2, 0) is 5.41 Å². The van der Waals surface area contributed by atoms with Crippen LogP contribution < -0.4 is 4.90 Å². The summed E-state index contributed by atoms with van der Waals surface area (Å²) in [5.41, 5.74) is 14.2. The van der Waals surface area contributed by atoms with E-state index in [2.05, 4.69) is 229 Å². The van der Waals surface area contributed by atoms with E-state index in [0.29, 0.717) is 0 Å². The number of furan rings is 1. The monoisotopic (exact) mass is 807 g/mol. The van der Waals surface area contributed by atoms with E-state index >= 15 is 0 Å². The summed E-state index contributed by atoms with van der Waals surface area (Å²) in [7, 11) is 0. The van der Waals surface area contributed by atoms with Crippen molar-refractivity contribution in [3.05, 3.63) is 247 Å². The predicted octanol–water partition coefficient (Wildman–Crippen LogP) is 16.6. The Morgan fingerprint density at radius 3 is 1.85 bits per heavy atom. The summed E-state index contributed by atoms with van der Waals surface area (Å²) in [5, 5.41) is 7.24. The van der Waals surface area contributed by atoms with Crippen LogP contribution in [0.15, 0.2) is 229 Å². The molecule has 290 valence electrons. The molecule has 2 aromatic heterocycles. The molecule has 10 aromatic carbocycles. The van der Waals surface area contributed by atoms with Crippen molar-refractivity contribution in [2.75, 3.05) is 4.90 Å². The van der Waals surface area contributed by atoms with Crippen LogP contribution in [-0.4, -0.2) is 0 Å². The Bertz CT molecular complexity index is 3650. The highest BCUT2D eigenvalue weighted by molar-refractivity contribution is 7.26. The van der Waals surface area contributed by atoms with Gasteiger partial charge in [-0.15, -0.1) is 11.3 Å². The average molecular weight is 808 g/mol. The topological polar surface area (TPSA) is 16.4 Å². The minimum Gasteiger partial charge on any atom is -0.454 e. The maximum atomic E-state index is 7.09. The number of anilines is 3. The van der Waals surface area contributed by atoms with Gasteiger partial charge in [0.15, 0.2) is 5.58 Å². The first-order valence-electron chi connectivity index (χ1n) is 21.3. The van der Waals surface area contributed by atoms with Gasteiger partial charge >= 0.3 is 0 Å². The average Bonchev–Trinajstić information content (AvgIpc) is 4.01. The van der Waals surface area contributed by atoms with Gasteiger partial charge in [0, 0.05) is 42.2 Å². The van der Waals surface area contributed by atoms with Crippen molar-refractivity contribution in [2.24, 2.45) is 0 Å². The fraction of sp³-hybridized carbons (Fsp3) is 0.0169. The zero-order valence-corrected chi connectivity index (χ0v) is 34.4. The molecule has 2 nitrogen and oxygen atoms in total. The van der Waals surface area contributed by atoms with Crippen LogP contribution in [0.4, 0.5) is 17.1 Å². The molecule has 0 spiro atoms. The number of rotatable bonds is 6. The van der Waals surface area contributed by atoms with Crippen LogP contribution >= 0.6 is 11.3 Å². The Balaban J connectivity index is 1.15. The smallest absolute Gasteiger partial charge is 0.160 e. The molecule has 1 aliphatic carbocycles. The molecule has 3 heteroatoms. The molecule has 1 aliphatic rings. The van der Waals surface area contributed by atoms with E-state index in [1.54, 1.807) is 0 Å². The Hall–Kier alpha value is -7.72. The molecule has 0 saturated heterocycles. The molecule has 13 rings (SSSR count). The van der Waals surface area contributed by atoms with E-state index in [9.17, 15) is 0 Å². The maximum Gasteiger partial charge on any atom is 0.160 e. The van der Waals surface area contributed by atoms with Crippen molar-refractivity contribution in [1.82, 2.24) is 0 Å². The number of thiophene rings is 1. The third-order valence-corrected chi connectivity index (χ3v) is 14.3. The lowest BCUT2D eigenvalue weighted by Crippen LogP contribution is -2.28. The first-order valence-corrected chi connectivity index (χ1v) is 22.1. The quantitative estimate of drug-likeness (QED) is 0.166. The predicted molar refractivity (Wildman–Crippen MR) is 262 cm³/mol. The highest BCUT2D eigenvalue weighted by Crippen LogP contribution is 2.60. The van der Waals surface area contributed by atoms with E-state index in [1.807, 2.05) is 11.3 Å². The first kappa shape index (κ1) is 35.1. The lowest BCUT2D eigenvalue weighted by molar-refractivity contribution is 0.669. The molecule has 0 aliphatic heterocycles. The number of nitrogens with zero attached hydrogens (tertiary/aromatic N) is 1. The van der Waals surface area contributed by atoms with Gasteiger partial charge in [-0.3, -0.25) is 0 Å². The highest BCUT2D eigenvalue weighted by Gasteiger charge is 2.47. The molecule has 0 saturated carbocycles. The van der Waals surface area contributed by atoms with Crippen LogP contribution in [0.3, 0.4) is 0 Å². The van der Waals surface area contributed by atoms with Gasteiger partial charge in [0.1, 0.15) is 5.58 Å². The van der Waals surface area contributed by atoms with Gasteiger partial charge in [-0.1, -0.05) is 188 Å². The molecule has 62 heavy (non-hydrogen) atoms. The third kappa shape index (κ3) is 4.97. The van der Waals surface area contributed by atoms with E-state index in [0.717, 1.165) is 39.0 Å². The van der Waals surface area contributed by atoms with Crippen molar-refractivity contribution in [2.45, 2.75) is 5.41 Å². The lowest BCUT2D eigenvalue weighted by atomic mass is 9.68. The number of benzene rings is 10. The summed E-state index contributed by atoms with van der Waals surface area (Å²) in [6, 6.07) is 82.2. The third-order valence-electron chi connectivity index (χ3n) is 13.1. The summed E-state index contributed by atoms with van der Waals surface area (Å²) in [6.07, 6.45) is 0. The molecule has 12 aromatic rings. The van der Waals surface area contributed by atoms with Crippen molar-refractivity contribution >= 4 is 81.3 Å². The Morgan fingerprint density at radius 1 is 0.435 bits per heavy atom. The molecule has 0 unspecified atom stereocenters. The first-order chi connectivity index (χ1) is 30.8. The molecule has 0 atom stereocenters. The van der Waals surface area contributed by atoms with Crippen molar-refractivity contribution in [3.8, 4) is 22.3 Å². The van der Waals surface area contributed by atoms with Gasteiger partial charge in [0.05, 0.1) is 16.8 Å². The van der Waals surface area contributed by atoms with Gasteiger partial charge in [0.25, 0.3) is 0 Å². The van der Waals surface area contributed by atoms with E-state index in [4.69, 9.17) is 4.42 Å². The summed E-state index contributed by atoms with van der Waals surface area (Å²) in [5.74, 6) is 0. The van der Waals surface area contributed by atoms with Crippen molar-refractivity contribution in [1.29, 1.82) is 0 Å². The van der Waals surface area contributed by atoms with Gasteiger partial charge in [-0.25, -0.2) is 0 Å². The molecule has 0 amide bonds. The standard InChI is InChI=1S/C59H37NOS/c1-3-19-40(20-4-1)59(41-21-5-2-6-22-41)49-28-12-9-25-46(49)55-50(59)29-16-30-51(55)60(42-35-33-39(34-36-42)44-27-15-18-38-17-7-8-23-43(38)44)52-37-48-45-24-11-14-32-54(45)62-58(48)56-47-26-10-13-31-53(47)61-57(52)56/h1-37H. The molecule has 0 fully saturated rings. The van der Waals surface area contributed by atoms with E-state index in [1.165, 1.54) is 75.5 Å². The molecular formula is C59H37NOS. The second-order valence-corrected chi connectivity index (χ2v) is 17.4. The zero-order chi connectivity index (χ0) is 40.8. The normalized spacial score (nSPS) is 13.0. The molecule has 0 N–H and O–H groups in total. The highest BCUT2D eigenvalue weighted by atomic mass is 32.1. The van der Waals surface area contributed by atoms with Gasteiger partial charge in [-0.05, 0) is 86.1 Å². The zero-order valence-electron chi connectivity index (χ0n) is 33.6. The van der Waals surface area contributed by atoms with Crippen molar-refractivity contribution < 1.29 is 4.42 Å². The van der Waals surface area contributed by atoms with Crippen LogP contribution in [0.2, 0.25) is 0 Å².